The predicted molar refractivity (Wildman–Crippen MR) is 79.3 cm³/mol. The SMILES string of the molecule is CC(C)(C)c1ccc(CN(CCCl)C2CC2)cc1. The molecule has 0 aromatic heterocycles. The Morgan fingerprint density at radius 1 is 1.17 bits per heavy atom. The van der Waals surface area contributed by atoms with E-state index in [1.807, 2.05) is 0 Å². The Balaban J connectivity index is 2.00. The number of hydrogen-bond donors (Lipinski definition) is 0. The third kappa shape index (κ3) is 3.73. The largest absolute Gasteiger partial charge is 0.295 e. The molecule has 18 heavy (non-hydrogen) atoms. The zero-order chi connectivity index (χ0) is 13.2. The lowest BCUT2D eigenvalue weighted by Crippen LogP contribution is -2.27. The molecule has 1 aliphatic carbocycles. The van der Waals surface area contributed by atoms with Crippen molar-refractivity contribution >= 4 is 11.6 Å². The van der Waals surface area contributed by atoms with Crippen molar-refractivity contribution in [1.82, 2.24) is 4.90 Å². The summed E-state index contributed by atoms with van der Waals surface area (Å²) in [7, 11) is 0. The van der Waals surface area contributed by atoms with Gasteiger partial charge in [0.15, 0.2) is 0 Å². The van der Waals surface area contributed by atoms with Crippen molar-refractivity contribution in [2.24, 2.45) is 0 Å². The monoisotopic (exact) mass is 265 g/mol. The number of alkyl halides is 1. The van der Waals surface area contributed by atoms with Crippen LogP contribution in [0.5, 0.6) is 0 Å². The van der Waals surface area contributed by atoms with Gasteiger partial charge in [0.05, 0.1) is 0 Å². The van der Waals surface area contributed by atoms with Crippen molar-refractivity contribution in [3.63, 3.8) is 0 Å². The van der Waals surface area contributed by atoms with Crippen LogP contribution in [0, 0.1) is 0 Å². The van der Waals surface area contributed by atoms with Crippen LogP contribution in [0.3, 0.4) is 0 Å². The Morgan fingerprint density at radius 2 is 1.78 bits per heavy atom. The molecule has 100 valence electrons. The fourth-order valence-corrected chi connectivity index (χ4v) is 2.50. The van der Waals surface area contributed by atoms with E-state index in [9.17, 15) is 0 Å². The zero-order valence-electron chi connectivity index (χ0n) is 11.7. The molecule has 1 fully saturated rings. The summed E-state index contributed by atoms with van der Waals surface area (Å²) < 4.78 is 0. The van der Waals surface area contributed by atoms with Crippen LogP contribution in [-0.4, -0.2) is 23.4 Å². The second-order valence-corrected chi connectivity index (χ2v) is 6.72. The van der Waals surface area contributed by atoms with Gasteiger partial charge >= 0.3 is 0 Å². The maximum absolute atomic E-state index is 5.88. The molecule has 1 aliphatic rings. The summed E-state index contributed by atoms with van der Waals surface area (Å²) in [5.74, 6) is 0.733. The smallest absolute Gasteiger partial charge is 0.0351 e. The highest BCUT2D eigenvalue weighted by molar-refractivity contribution is 6.18. The molecule has 0 heterocycles. The van der Waals surface area contributed by atoms with Gasteiger partial charge in [0, 0.05) is 25.0 Å². The molecule has 0 unspecified atom stereocenters. The van der Waals surface area contributed by atoms with Crippen molar-refractivity contribution in [3.05, 3.63) is 35.4 Å². The topological polar surface area (TPSA) is 3.24 Å². The molecule has 2 rings (SSSR count). The highest BCUT2D eigenvalue weighted by Crippen LogP contribution is 2.29. The van der Waals surface area contributed by atoms with Gasteiger partial charge in [0.2, 0.25) is 0 Å². The van der Waals surface area contributed by atoms with Crippen LogP contribution in [-0.2, 0) is 12.0 Å². The maximum Gasteiger partial charge on any atom is 0.0351 e. The zero-order valence-corrected chi connectivity index (χ0v) is 12.5. The van der Waals surface area contributed by atoms with Crippen molar-refractivity contribution in [2.75, 3.05) is 12.4 Å². The molecular formula is C16H24ClN. The van der Waals surface area contributed by atoms with E-state index in [2.05, 4.69) is 49.9 Å². The first kappa shape index (κ1) is 13.9. The van der Waals surface area contributed by atoms with Crippen molar-refractivity contribution in [2.45, 2.75) is 51.6 Å². The van der Waals surface area contributed by atoms with Gasteiger partial charge in [-0.25, -0.2) is 0 Å². The standard InChI is InChI=1S/C16H24ClN/c1-16(2,3)14-6-4-13(5-7-14)12-18(11-10-17)15-8-9-15/h4-7,15H,8-12H2,1-3H3. The van der Waals surface area contributed by atoms with E-state index >= 15 is 0 Å². The molecule has 0 radical (unpaired) electrons. The molecule has 0 aliphatic heterocycles. The fraction of sp³-hybridized carbons (Fsp3) is 0.625. The van der Waals surface area contributed by atoms with Crippen molar-refractivity contribution in [1.29, 1.82) is 0 Å². The molecule has 0 atom stereocenters. The van der Waals surface area contributed by atoms with Gasteiger partial charge in [0.25, 0.3) is 0 Å². The molecule has 0 N–H and O–H groups in total. The Bertz CT molecular complexity index is 373. The van der Waals surface area contributed by atoms with E-state index in [-0.39, 0.29) is 5.41 Å². The van der Waals surface area contributed by atoms with Crippen molar-refractivity contribution < 1.29 is 0 Å². The number of benzene rings is 1. The van der Waals surface area contributed by atoms with E-state index in [0.717, 1.165) is 25.0 Å². The molecule has 1 aromatic rings. The second-order valence-electron chi connectivity index (χ2n) is 6.34. The van der Waals surface area contributed by atoms with Gasteiger partial charge in [-0.2, -0.15) is 0 Å². The first-order valence-corrected chi connectivity index (χ1v) is 7.43. The van der Waals surface area contributed by atoms with Gasteiger partial charge in [-0.3, -0.25) is 4.90 Å². The average Bonchev–Trinajstić information content (AvgIpc) is 3.12. The van der Waals surface area contributed by atoms with Gasteiger partial charge in [0.1, 0.15) is 0 Å². The first-order chi connectivity index (χ1) is 8.50. The predicted octanol–water partition coefficient (Wildman–Crippen LogP) is 4.19. The number of rotatable bonds is 5. The summed E-state index contributed by atoms with van der Waals surface area (Å²) in [6, 6.07) is 9.85. The molecule has 1 saturated carbocycles. The lowest BCUT2D eigenvalue weighted by molar-refractivity contribution is 0.271. The van der Waals surface area contributed by atoms with Crippen LogP contribution >= 0.6 is 11.6 Å². The summed E-state index contributed by atoms with van der Waals surface area (Å²) in [5, 5.41) is 0. The van der Waals surface area contributed by atoms with Crippen LogP contribution in [0.1, 0.15) is 44.7 Å². The minimum atomic E-state index is 0.241. The quantitative estimate of drug-likeness (QED) is 0.722. The molecule has 0 bridgehead atoms. The number of halogens is 1. The highest BCUT2D eigenvalue weighted by atomic mass is 35.5. The van der Waals surface area contributed by atoms with Crippen LogP contribution in [0.15, 0.2) is 24.3 Å². The lowest BCUT2D eigenvalue weighted by Gasteiger charge is -2.22. The van der Waals surface area contributed by atoms with E-state index < -0.39 is 0 Å². The summed E-state index contributed by atoms with van der Waals surface area (Å²) >= 11 is 5.88. The van der Waals surface area contributed by atoms with Crippen molar-refractivity contribution in [3.8, 4) is 0 Å². The molecule has 1 aromatic carbocycles. The summed E-state index contributed by atoms with van der Waals surface area (Å²) in [6.45, 7) is 8.82. The fourth-order valence-electron chi connectivity index (χ4n) is 2.28. The Hall–Kier alpha value is -0.530. The molecule has 1 nitrogen and oxygen atoms in total. The molecule has 0 spiro atoms. The van der Waals surface area contributed by atoms with Gasteiger partial charge in [-0.1, -0.05) is 45.0 Å². The van der Waals surface area contributed by atoms with E-state index in [1.54, 1.807) is 0 Å². The third-order valence-corrected chi connectivity index (χ3v) is 3.81. The Morgan fingerprint density at radius 3 is 2.22 bits per heavy atom. The van der Waals surface area contributed by atoms with Gasteiger partial charge < -0.3 is 0 Å². The third-order valence-electron chi connectivity index (χ3n) is 3.64. The summed E-state index contributed by atoms with van der Waals surface area (Å²) in [5.41, 5.74) is 3.05. The minimum Gasteiger partial charge on any atom is -0.295 e. The normalized spacial score (nSPS) is 16.3. The number of nitrogens with zero attached hydrogens (tertiary/aromatic N) is 1. The van der Waals surface area contributed by atoms with Gasteiger partial charge in [-0.05, 0) is 29.4 Å². The molecule has 0 amide bonds. The highest BCUT2D eigenvalue weighted by Gasteiger charge is 2.28. The molecular weight excluding hydrogens is 242 g/mol. The Kier molecular flexibility index (Phi) is 4.34. The van der Waals surface area contributed by atoms with Crippen LogP contribution in [0.4, 0.5) is 0 Å². The maximum atomic E-state index is 5.88. The minimum absolute atomic E-state index is 0.241. The second kappa shape index (κ2) is 5.63. The Labute approximate surface area is 116 Å². The van der Waals surface area contributed by atoms with Gasteiger partial charge in [-0.15, -0.1) is 11.6 Å². The van der Waals surface area contributed by atoms with E-state index in [0.29, 0.717) is 0 Å². The van der Waals surface area contributed by atoms with E-state index in [1.165, 1.54) is 24.0 Å². The first-order valence-electron chi connectivity index (χ1n) is 6.90. The van der Waals surface area contributed by atoms with Crippen LogP contribution in [0.2, 0.25) is 0 Å². The summed E-state index contributed by atoms with van der Waals surface area (Å²) in [4.78, 5) is 2.51. The molecule has 0 saturated heterocycles. The summed E-state index contributed by atoms with van der Waals surface area (Å²) in [6.07, 6.45) is 2.69. The van der Waals surface area contributed by atoms with Crippen LogP contribution in [0.25, 0.3) is 0 Å². The molecule has 2 heteroatoms. The average molecular weight is 266 g/mol. The lowest BCUT2D eigenvalue weighted by atomic mass is 9.87. The van der Waals surface area contributed by atoms with Crippen LogP contribution < -0.4 is 0 Å². The van der Waals surface area contributed by atoms with E-state index in [4.69, 9.17) is 11.6 Å². The number of hydrogen-bond acceptors (Lipinski definition) is 1.